The molecule has 3 heterocycles. The summed E-state index contributed by atoms with van der Waals surface area (Å²) in [6.45, 7) is 5.75. The van der Waals surface area contributed by atoms with E-state index in [1.165, 1.54) is 0 Å². The van der Waals surface area contributed by atoms with Crippen LogP contribution in [0.1, 0.15) is 41.8 Å². The zero-order valence-electron chi connectivity index (χ0n) is 15.8. The molecule has 1 aromatic heterocycles. The Balaban J connectivity index is 0.000000932. The van der Waals surface area contributed by atoms with Crippen molar-refractivity contribution in [3.05, 3.63) is 86.9 Å². The lowest BCUT2D eigenvalue weighted by atomic mass is 9.75. The molecule has 0 bridgehead atoms. The Morgan fingerprint density at radius 3 is 2.57 bits per heavy atom. The van der Waals surface area contributed by atoms with Crippen LogP contribution >= 0.6 is 15.9 Å². The van der Waals surface area contributed by atoms with E-state index in [0.717, 1.165) is 21.2 Å². The maximum Gasteiger partial charge on any atom is 0.256 e. The van der Waals surface area contributed by atoms with Crippen molar-refractivity contribution in [3.8, 4) is 11.5 Å². The van der Waals surface area contributed by atoms with Gasteiger partial charge >= 0.3 is 0 Å². The molecule has 0 amide bonds. The molecule has 28 heavy (non-hydrogen) atoms. The van der Waals surface area contributed by atoms with Gasteiger partial charge in [-0.3, -0.25) is 0 Å². The smallest absolute Gasteiger partial charge is 0.256 e. The van der Waals surface area contributed by atoms with Crippen LogP contribution in [0.25, 0.3) is 0 Å². The molecule has 142 valence electrons. The Morgan fingerprint density at radius 1 is 1.04 bits per heavy atom. The van der Waals surface area contributed by atoms with E-state index in [0.29, 0.717) is 22.8 Å². The van der Waals surface area contributed by atoms with E-state index < -0.39 is 11.5 Å². The number of nitrogens with two attached hydrogens (primary N) is 1. The van der Waals surface area contributed by atoms with E-state index in [1.807, 2.05) is 56.3 Å². The molecule has 0 saturated carbocycles. The second kappa shape index (κ2) is 6.71. The van der Waals surface area contributed by atoms with Crippen molar-refractivity contribution in [2.24, 2.45) is 10.7 Å². The topological polar surface area (TPSA) is 60.5 Å². The number of halogens is 2. The summed E-state index contributed by atoms with van der Waals surface area (Å²) in [4.78, 5) is 8.78. The number of aliphatic imine (C=N–C) groups is 1. The van der Waals surface area contributed by atoms with Gasteiger partial charge in [0.25, 0.3) is 5.95 Å². The summed E-state index contributed by atoms with van der Waals surface area (Å²) in [7, 11) is 0. The van der Waals surface area contributed by atoms with Crippen LogP contribution in [0.2, 0.25) is 0 Å². The van der Waals surface area contributed by atoms with Crippen molar-refractivity contribution < 1.29 is 9.13 Å². The SMILES string of the molecule is CC.Cc1cc2c(c(F)n1)Oc1ccc(Br)cc1C21N=C(N)c2ccccc21. The second-order valence-electron chi connectivity index (χ2n) is 6.43. The zero-order valence-corrected chi connectivity index (χ0v) is 17.3. The Labute approximate surface area is 171 Å². The highest BCUT2D eigenvalue weighted by Crippen LogP contribution is 2.56. The van der Waals surface area contributed by atoms with Crippen LogP contribution in [0, 0.1) is 12.9 Å². The summed E-state index contributed by atoms with van der Waals surface area (Å²) in [6, 6.07) is 15.2. The third kappa shape index (κ3) is 2.48. The normalized spacial score (nSPS) is 18.2. The highest BCUT2D eigenvalue weighted by atomic mass is 79.9. The first-order chi connectivity index (χ1) is 13.5. The predicted molar refractivity (Wildman–Crippen MR) is 112 cm³/mol. The molecule has 4 nitrogen and oxygen atoms in total. The van der Waals surface area contributed by atoms with Gasteiger partial charge in [0.1, 0.15) is 17.1 Å². The Kier molecular flexibility index (Phi) is 4.46. The van der Waals surface area contributed by atoms with Gasteiger partial charge in [-0.1, -0.05) is 54.0 Å². The molecule has 2 aliphatic heterocycles. The summed E-state index contributed by atoms with van der Waals surface area (Å²) in [5.41, 5.74) is 9.05. The molecule has 2 N–H and O–H groups in total. The first kappa shape index (κ1) is 18.6. The summed E-state index contributed by atoms with van der Waals surface area (Å²) in [5, 5.41) is 0. The molecule has 0 radical (unpaired) electrons. The number of aromatic nitrogens is 1. The quantitative estimate of drug-likeness (QED) is 0.474. The molecule has 1 unspecified atom stereocenters. The fourth-order valence-corrected chi connectivity index (χ4v) is 4.21. The summed E-state index contributed by atoms with van der Waals surface area (Å²) < 4.78 is 21.5. The largest absolute Gasteiger partial charge is 0.452 e. The van der Waals surface area contributed by atoms with Gasteiger partial charge in [-0.15, -0.1) is 0 Å². The fraction of sp³-hybridized carbons (Fsp3) is 0.182. The Morgan fingerprint density at radius 2 is 1.79 bits per heavy atom. The van der Waals surface area contributed by atoms with E-state index in [1.54, 1.807) is 13.0 Å². The van der Waals surface area contributed by atoms with Crippen LogP contribution in [0.15, 0.2) is 58.0 Å². The molecule has 2 aromatic carbocycles. The van der Waals surface area contributed by atoms with Crippen molar-refractivity contribution in [1.29, 1.82) is 0 Å². The number of fused-ring (bicyclic) bond motifs is 6. The lowest BCUT2D eigenvalue weighted by molar-refractivity contribution is 0.384. The minimum absolute atomic E-state index is 0.0960. The summed E-state index contributed by atoms with van der Waals surface area (Å²) >= 11 is 3.52. The van der Waals surface area contributed by atoms with E-state index >= 15 is 0 Å². The number of hydrogen-bond donors (Lipinski definition) is 1. The van der Waals surface area contributed by atoms with E-state index in [9.17, 15) is 4.39 Å². The number of aryl methyl sites for hydroxylation is 1. The molecular formula is C22H19BrFN3O. The number of rotatable bonds is 0. The highest BCUT2D eigenvalue weighted by molar-refractivity contribution is 9.10. The van der Waals surface area contributed by atoms with Gasteiger partial charge in [-0.25, -0.2) is 9.98 Å². The third-order valence-electron chi connectivity index (χ3n) is 4.87. The fourth-order valence-electron chi connectivity index (χ4n) is 3.85. The number of amidine groups is 1. The average molecular weight is 440 g/mol. The average Bonchev–Trinajstić information content (AvgIpc) is 2.99. The molecule has 0 saturated heterocycles. The number of ether oxygens (including phenoxy) is 1. The first-order valence-corrected chi connectivity index (χ1v) is 9.91. The van der Waals surface area contributed by atoms with E-state index in [4.69, 9.17) is 15.5 Å². The predicted octanol–water partition coefficient (Wildman–Crippen LogP) is 5.43. The molecule has 1 atom stereocenters. The number of benzene rings is 2. The second-order valence-corrected chi connectivity index (χ2v) is 7.34. The molecular weight excluding hydrogens is 421 g/mol. The van der Waals surface area contributed by atoms with Gasteiger partial charge in [0.05, 0.1) is 0 Å². The summed E-state index contributed by atoms with van der Waals surface area (Å²) in [5.74, 6) is 0.414. The van der Waals surface area contributed by atoms with Gasteiger partial charge in [-0.2, -0.15) is 4.39 Å². The molecule has 5 rings (SSSR count). The van der Waals surface area contributed by atoms with Gasteiger partial charge in [0, 0.05) is 26.9 Å². The standard InChI is InChI=1S/C20H13BrFN3O.C2H6/c1-10-8-15-17(18(22)24-10)26-16-7-6-11(21)9-14(16)20(15)13-5-3-2-4-12(13)19(23)25-20;1-2/h2-9H,1H3,(H2,23,25);1-2H3. The minimum atomic E-state index is -0.956. The van der Waals surface area contributed by atoms with Crippen LogP contribution in [-0.2, 0) is 5.54 Å². The van der Waals surface area contributed by atoms with E-state index in [2.05, 4.69) is 20.9 Å². The van der Waals surface area contributed by atoms with Crippen LogP contribution < -0.4 is 10.5 Å². The van der Waals surface area contributed by atoms with Crippen molar-refractivity contribution in [3.63, 3.8) is 0 Å². The maximum atomic E-state index is 14.7. The van der Waals surface area contributed by atoms with Gasteiger partial charge in [0.15, 0.2) is 5.75 Å². The minimum Gasteiger partial charge on any atom is -0.452 e. The van der Waals surface area contributed by atoms with Crippen molar-refractivity contribution in [2.75, 3.05) is 0 Å². The van der Waals surface area contributed by atoms with Gasteiger partial charge in [-0.05, 0) is 36.8 Å². The lowest BCUT2D eigenvalue weighted by Gasteiger charge is -2.36. The molecule has 2 aliphatic rings. The van der Waals surface area contributed by atoms with Crippen molar-refractivity contribution >= 4 is 21.8 Å². The van der Waals surface area contributed by atoms with Crippen LogP contribution in [-0.4, -0.2) is 10.8 Å². The molecule has 1 spiro atoms. The molecule has 0 fully saturated rings. The van der Waals surface area contributed by atoms with Crippen LogP contribution in [0.5, 0.6) is 11.5 Å². The molecule has 3 aromatic rings. The number of nitrogens with zero attached hydrogens (tertiary/aromatic N) is 2. The van der Waals surface area contributed by atoms with Gasteiger partial charge in [0.2, 0.25) is 0 Å². The summed E-state index contributed by atoms with van der Waals surface area (Å²) in [6.07, 6.45) is 0. The zero-order chi connectivity index (χ0) is 20.1. The van der Waals surface area contributed by atoms with Crippen molar-refractivity contribution in [1.82, 2.24) is 4.98 Å². The third-order valence-corrected chi connectivity index (χ3v) is 5.37. The lowest BCUT2D eigenvalue weighted by Crippen LogP contribution is -2.30. The van der Waals surface area contributed by atoms with Crippen molar-refractivity contribution in [2.45, 2.75) is 26.3 Å². The maximum absolute atomic E-state index is 14.7. The Hall–Kier alpha value is -2.73. The van der Waals surface area contributed by atoms with Crippen LogP contribution in [0.4, 0.5) is 4.39 Å². The number of pyridine rings is 1. The molecule has 0 aliphatic carbocycles. The van der Waals surface area contributed by atoms with Gasteiger partial charge < -0.3 is 10.5 Å². The first-order valence-electron chi connectivity index (χ1n) is 9.11. The highest BCUT2D eigenvalue weighted by Gasteiger charge is 2.49. The monoisotopic (exact) mass is 439 g/mol. The number of hydrogen-bond acceptors (Lipinski definition) is 4. The Bertz CT molecular complexity index is 1130. The van der Waals surface area contributed by atoms with E-state index in [-0.39, 0.29) is 5.75 Å². The van der Waals surface area contributed by atoms with Crippen LogP contribution in [0.3, 0.4) is 0 Å². The molecule has 6 heteroatoms.